The number of anilines is 2. The molecule has 29 heavy (non-hydrogen) atoms. The maximum absolute atomic E-state index is 12.4. The van der Waals surface area contributed by atoms with Gasteiger partial charge in [-0.2, -0.15) is 0 Å². The highest BCUT2D eigenvalue weighted by atomic mass is 16.5. The third kappa shape index (κ3) is 4.23. The maximum atomic E-state index is 12.4. The standard InChI is InChI=1S/C20H22N4O5/c1-24(2)14-8-6-12(7-9-14)18(25)21-20-23-22-19(29-20)13-10-15(26-3)17(28-5)16(11-13)27-4/h6-11H,1-5H3,(H,21,23,25). The minimum atomic E-state index is -0.351. The Bertz CT molecular complexity index is 973. The van der Waals surface area contributed by atoms with E-state index < -0.39 is 0 Å². The van der Waals surface area contributed by atoms with Gasteiger partial charge in [-0.15, -0.1) is 5.10 Å². The summed E-state index contributed by atoms with van der Waals surface area (Å²) in [6.45, 7) is 0. The smallest absolute Gasteiger partial charge is 0.322 e. The molecule has 0 bridgehead atoms. The largest absolute Gasteiger partial charge is 0.493 e. The Morgan fingerprint density at radius 2 is 1.59 bits per heavy atom. The van der Waals surface area contributed by atoms with Crippen LogP contribution in [0.2, 0.25) is 0 Å². The monoisotopic (exact) mass is 398 g/mol. The molecule has 0 fully saturated rings. The first-order valence-electron chi connectivity index (χ1n) is 8.69. The number of benzene rings is 2. The summed E-state index contributed by atoms with van der Waals surface area (Å²) in [5.74, 6) is 1.20. The lowest BCUT2D eigenvalue weighted by Crippen LogP contribution is -2.13. The van der Waals surface area contributed by atoms with Gasteiger partial charge in [0.05, 0.1) is 21.3 Å². The Labute approximate surface area is 168 Å². The number of nitrogens with zero attached hydrogens (tertiary/aromatic N) is 3. The van der Waals surface area contributed by atoms with Crippen molar-refractivity contribution >= 4 is 17.6 Å². The van der Waals surface area contributed by atoms with Gasteiger partial charge < -0.3 is 23.5 Å². The van der Waals surface area contributed by atoms with Gasteiger partial charge in [-0.3, -0.25) is 10.1 Å². The highest BCUT2D eigenvalue weighted by Crippen LogP contribution is 2.41. The highest BCUT2D eigenvalue weighted by molar-refractivity contribution is 6.03. The van der Waals surface area contributed by atoms with Crippen LogP contribution in [-0.2, 0) is 0 Å². The van der Waals surface area contributed by atoms with Crippen molar-refractivity contribution < 1.29 is 23.4 Å². The maximum Gasteiger partial charge on any atom is 0.322 e. The molecule has 0 radical (unpaired) electrons. The average Bonchev–Trinajstić information content (AvgIpc) is 3.21. The van der Waals surface area contributed by atoms with E-state index in [0.717, 1.165) is 5.69 Å². The number of carbonyl (C=O) groups is 1. The molecule has 0 atom stereocenters. The van der Waals surface area contributed by atoms with E-state index in [4.69, 9.17) is 18.6 Å². The minimum Gasteiger partial charge on any atom is -0.493 e. The van der Waals surface area contributed by atoms with Gasteiger partial charge in [0.2, 0.25) is 11.6 Å². The second-order valence-corrected chi connectivity index (χ2v) is 6.22. The third-order valence-electron chi connectivity index (χ3n) is 4.20. The van der Waals surface area contributed by atoms with Crippen molar-refractivity contribution in [3.8, 4) is 28.7 Å². The Hall–Kier alpha value is -3.75. The molecule has 0 aliphatic rings. The van der Waals surface area contributed by atoms with E-state index >= 15 is 0 Å². The molecule has 1 amide bonds. The van der Waals surface area contributed by atoms with Crippen molar-refractivity contribution in [2.45, 2.75) is 0 Å². The Balaban J connectivity index is 1.81. The molecule has 0 saturated heterocycles. The molecule has 0 saturated carbocycles. The van der Waals surface area contributed by atoms with Gasteiger partial charge in [0, 0.05) is 30.9 Å². The zero-order chi connectivity index (χ0) is 21.0. The van der Waals surface area contributed by atoms with E-state index in [2.05, 4.69) is 15.5 Å². The van der Waals surface area contributed by atoms with Crippen molar-refractivity contribution in [3.63, 3.8) is 0 Å². The first-order chi connectivity index (χ1) is 14.0. The molecule has 2 aromatic carbocycles. The fraction of sp³-hybridized carbons (Fsp3) is 0.250. The molecular formula is C20H22N4O5. The molecule has 152 valence electrons. The lowest BCUT2D eigenvalue weighted by atomic mass is 10.2. The van der Waals surface area contributed by atoms with Crippen LogP contribution in [0.1, 0.15) is 10.4 Å². The molecule has 3 aromatic rings. The molecular weight excluding hydrogens is 376 g/mol. The summed E-state index contributed by atoms with van der Waals surface area (Å²) in [6, 6.07) is 10.5. The minimum absolute atomic E-state index is 0.0181. The van der Waals surface area contributed by atoms with Crippen LogP contribution in [0.4, 0.5) is 11.7 Å². The summed E-state index contributed by atoms with van der Waals surface area (Å²) in [5.41, 5.74) is 2.02. The number of methoxy groups -OCH3 is 3. The van der Waals surface area contributed by atoms with Crippen LogP contribution in [0.15, 0.2) is 40.8 Å². The lowest BCUT2D eigenvalue weighted by Gasteiger charge is -2.12. The zero-order valence-electron chi connectivity index (χ0n) is 16.8. The van der Waals surface area contributed by atoms with E-state index in [0.29, 0.717) is 28.4 Å². The number of hydrogen-bond donors (Lipinski definition) is 1. The van der Waals surface area contributed by atoms with Gasteiger partial charge in [0.15, 0.2) is 11.5 Å². The fourth-order valence-corrected chi connectivity index (χ4v) is 2.68. The van der Waals surface area contributed by atoms with Crippen molar-refractivity contribution in [1.82, 2.24) is 10.2 Å². The quantitative estimate of drug-likeness (QED) is 0.648. The van der Waals surface area contributed by atoms with Crippen LogP contribution in [-0.4, -0.2) is 51.5 Å². The van der Waals surface area contributed by atoms with Gasteiger partial charge in [-0.05, 0) is 36.4 Å². The SMILES string of the molecule is COc1cc(-c2nnc(NC(=O)c3ccc(N(C)C)cc3)o2)cc(OC)c1OC. The van der Waals surface area contributed by atoms with Crippen molar-refractivity contribution in [2.75, 3.05) is 45.6 Å². The van der Waals surface area contributed by atoms with Crippen molar-refractivity contribution in [3.05, 3.63) is 42.0 Å². The molecule has 1 heterocycles. The van der Waals surface area contributed by atoms with E-state index in [1.54, 1.807) is 24.3 Å². The number of nitrogens with one attached hydrogen (secondary N) is 1. The Morgan fingerprint density at radius 1 is 0.966 bits per heavy atom. The predicted molar refractivity (Wildman–Crippen MR) is 108 cm³/mol. The Kier molecular flexibility index (Phi) is 5.87. The van der Waals surface area contributed by atoms with Crippen LogP contribution < -0.4 is 24.4 Å². The average molecular weight is 398 g/mol. The summed E-state index contributed by atoms with van der Waals surface area (Å²) >= 11 is 0. The number of rotatable bonds is 7. The second-order valence-electron chi connectivity index (χ2n) is 6.22. The van der Waals surface area contributed by atoms with E-state index in [-0.39, 0.29) is 17.8 Å². The van der Waals surface area contributed by atoms with E-state index in [9.17, 15) is 4.79 Å². The predicted octanol–water partition coefficient (Wildman–Crippen LogP) is 3.08. The Morgan fingerprint density at radius 3 is 2.10 bits per heavy atom. The van der Waals surface area contributed by atoms with Crippen LogP contribution in [0, 0.1) is 0 Å². The summed E-state index contributed by atoms with van der Waals surface area (Å²) < 4.78 is 21.5. The summed E-state index contributed by atoms with van der Waals surface area (Å²) in [6.07, 6.45) is 0. The van der Waals surface area contributed by atoms with Gasteiger partial charge in [0.25, 0.3) is 5.91 Å². The highest BCUT2D eigenvalue weighted by Gasteiger charge is 2.18. The molecule has 1 N–H and O–H groups in total. The molecule has 0 unspecified atom stereocenters. The summed E-state index contributed by atoms with van der Waals surface area (Å²) in [7, 11) is 8.41. The lowest BCUT2D eigenvalue weighted by molar-refractivity contribution is 0.102. The zero-order valence-corrected chi connectivity index (χ0v) is 16.8. The molecule has 9 heteroatoms. The number of amides is 1. The number of hydrogen-bond acceptors (Lipinski definition) is 8. The molecule has 9 nitrogen and oxygen atoms in total. The number of aromatic nitrogens is 2. The molecule has 1 aromatic heterocycles. The molecule has 3 rings (SSSR count). The van der Waals surface area contributed by atoms with Crippen LogP contribution >= 0.6 is 0 Å². The van der Waals surface area contributed by atoms with Crippen molar-refractivity contribution in [2.24, 2.45) is 0 Å². The van der Waals surface area contributed by atoms with Gasteiger partial charge in [-0.25, -0.2) is 0 Å². The van der Waals surface area contributed by atoms with E-state index in [1.165, 1.54) is 21.3 Å². The molecule has 0 aliphatic carbocycles. The van der Waals surface area contributed by atoms with Crippen LogP contribution in [0.3, 0.4) is 0 Å². The van der Waals surface area contributed by atoms with E-state index in [1.807, 2.05) is 31.1 Å². The van der Waals surface area contributed by atoms with Gasteiger partial charge in [-0.1, -0.05) is 5.10 Å². The summed E-state index contributed by atoms with van der Waals surface area (Å²) in [5, 5.41) is 10.5. The first-order valence-corrected chi connectivity index (χ1v) is 8.69. The molecule has 0 spiro atoms. The van der Waals surface area contributed by atoms with Gasteiger partial charge in [0.1, 0.15) is 0 Å². The summed E-state index contributed by atoms with van der Waals surface area (Å²) in [4.78, 5) is 14.4. The topological polar surface area (TPSA) is 99.0 Å². The second kappa shape index (κ2) is 8.51. The molecule has 0 aliphatic heterocycles. The van der Waals surface area contributed by atoms with Crippen LogP contribution in [0.25, 0.3) is 11.5 Å². The third-order valence-corrected chi connectivity index (χ3v) is 4.20. The number of ether oxygens (including phenoxy) is 3. The van der Waals surface area contributed by atoms with Crippen molar-refractivity contribution in [1.29, 1.82) is 0 Å². The normalized spacial score (nSPS) is 10.4. The fourth-order valence-electron chi connectivity index (χ4n) is 2.68. The van der Waals surface area contributed by atoms with Gasteiger partial charge >= 0.3 is 6.01 Å². The number of carbonyl (C=O) groups excluding carboxylic acids is 1. The first kappa shape index (κ1) is 20.0. The van der Waals surface area contributed by atoms with Crippen LogP contribution in [0.5, 0.6) is 17.2 Å².